The van der Waals surface area contributed by atoms with Crippen LogP contribution in [0, 0.1) is 0 Å². The summed E-state index contributed by atoms with van der Waals surface area (Å²) in [6.07, 6.45) is 1.47. The number of nitrogens with zero attached hydrogens (tertiary/aromatic N) is 1. The van der Waals surface area contributed by atoms with Gasteiger partial charge in [-0.15, -0.1) is 0 Å². The summed E-state index contributed by atoms with van der Waals surface area (Å²) in [7, 11) is 0. The molecule has 0 bridgehead atoms. The molecule has 0 aliphatic rings. The average Bonchev–Trinajstić information content (AvgIpc) is 2.15. The molecule has 1 heterocycles. The molecule has 5 heteroatoms. The van der Waals surface area contributed by atoms with E-state index >= 15 is 0 Å². The van der Waals surface area contributed by atoms with Crippen molar-refractivity contribution in [3.05, 3.63) is 30.0 Å². The summed E-state index contributed by atoms with van der Waals surface area (Å²) in [4.78, 5) is 15.1. The number of rotatable bonds is 4. The lowest BCUT2D eigenvalue weighted by Crippen LogP contribution is -2.16. The molecule has 0 saturated heterocycles. The van der Waals surface area contributed by atoms with Crippen molar-refractivity contribution in [1.29, 1.82) is 0 Å². The smallest absolute Gasteiger partial charge is 0.252 e. The fourth-order valence-electron chi connectivity index (χ4n) is 1.04. The van der Waals surface area contributed by atoms with E-state index in [1.54, 1.807) is 0 Å². The lowest BCUT2D eigenvalue weighted by atomic mass is 10.2. The highest BCUT2D eigenvalue weighted by Gasteiger charge is 2.09. The molecule has 1 amide bonds. The third kappa shape index (κ3) is 2.98. The second kappa shape index (κ2) is 4.45. The maximum absolute atomic E-state index is 11.1. The largest absolute Gasteiger partial charge is 0.397 e. The first-order valence-electron chi connectivity index (χ1n) is 4.44. The molecule has 0 atom stereocenters. The molecule has 1 aromatic heterocycles. The van der Waals surface area contributed by atoms with Crippen molar-refractivity contribution in [2.45, 2.75) is 6.92 Å². The third-order valence-electron chi connectivity index (χ3n) is 1.73. The minimum atomic E-state index is -0.556. The monoisotopic (exact) mass is 206 g/mol. The van der Waals surface area contributed by atoms with E-state index in [1.807, 2.05) is 6.92 Å². The quantitative estimate of drug-likeness (QED) is 0.633. The highest BCUT2D eigenvalue weighted by Crippen LogP contribution is 2.14. The molecule has 5 N–H and O–H groups in total. The maximum Gasteiger partial charge on any atom is 0.252 e. The van der Waals surface area contributed by atoms with Crippen molar-refractivity contribution in [1.82, 2.24) is 4.98 Å². The molecule has 0 spiro atoms. The molecule has 0 unspecified atom stereocenters. The van der Waals surface area contributed by atoms with E-state index in [0.29, 0.717) is 18.1 Å². The fraction of sp³-hybridized carbons (Fsp3) is 0.200. The number of pyridine rings is 1. The van der Waals surface area contributed by atoms with Crippen LogP contribution in [0.1, 0.15) is 17.3 Å². The Labute approximate surface area is 88.2 Å². The zero-order valence-electron chi connectivity index (χ0n) is 8.58. The molecule has 0 aliphatic carbocycles. The van der Waals surface area contributed by atoms with Crippen LogP contribution in [0.5, 0.6) is 0 Å². The summed E-state index contributed by atoms with van der Waals surface area (Å²) in [6, 6.07) is 1.50. The van der Waals surface area contributed by atoms with E-state index < -0.39 is 5.91 Å². The zero-order valence-corrected chi connectivity index (χ0v) is 8.58. The van der Waals surface area contributed by atoms with Gasteiger partial charge in [0.25, 0.3) is 5.91 Å². The Kier molecular flexibility index (Phi) is 3.28. The normalized spacial score (nSPS) is 9.67. The van der Waals surface area contributed by atoms with Crippen LogP contribution in [-0.4, -0.2) is 17.4 Å². The van der Waals surface area contributed by atoms with Crippen molar-refractivity contribution in [2.75, 3.05) is 17.6 Å². The van der Waals surface area contributed by atoms with Gasteiger partial charge in [0.2, 0.25) is 0 Å². The summed E-state index contributed by atoms with van der Waals surface area (Å²) < 4.78 is 0. The van der Waals surface area contributed by atoms with Gasteiger partial charge in [0.15, 0.2) is 0 Å². The van der Waals surface area contributed by atoms with Crippen LogP contribution < -0.4 is 16.8 Å². The zero-order chi connectivity index (χ0) is 11.4. The Morgan fingerprint density at radius 1 is 1.67 bits per heavy atom. The first kappa shape index (κ1) is 11.0. The first-order chi connectivity index (χ1) is 7.00. The minimum absolute atomic E-state index is 0.288. The number of anilines is 2. The van der Waals surface area contributed by atoms with E-state index in [4.69, 9.17) is 11.5 Å². The standard InChI is InChI=1S/C10H14N4O/c1-6(2)4-13-10-8(9(12)15)3-7(11)5-14-10/h3,5H,1,4,11H2,2H3,(H2,12,15)(H,13,14). The summed E-state index contributed by atoms with van der Waals surface area (Å²) in [5, 5.41) is 2.95. The molecule has 1 rings (SSSR count). The first-order valence-corrected chi connectivity index (χ1v) is 4.44. The van der Waals surface area contributed by atoms with Gasteiger partial charge in [0.1, 0.15) is 5.82 Å². The molecular weight excluding hydrogens is 192 g/mol. The third-order valence-corrected chi connectivity index (χ3v) is 1.73. The van der Waals surface area contributed by atoms with E-state index in [2.05, 4.69) is 16.9 Å². The van der Waals surface area contributed by atoms with Gasteiger partial charge in [-0.25, -0.2) is 4.98 Å². The Balaban J connectivity index is 2.95. The SMILES string of the molecule is C=C(C)CNc1ncc(N)cc1C(N)=O. The highest BCUT2D eigenvalue weighted by atomic mass is 16.1. The molecule has 5 nitrogen and oxygen atoms in total. The summed E-state index contributed by atoms with van der Waals surface area (Å²) in [6.45, 7) is 6.14. The molecule has 0 saturated carbocycles. The van der Waals surface area contributed by atoms with Crippen molar-refractivity contribution < 1.29 is 4.79 Å². The van der Waals surface area contributed by atoms with Crippen LogP contribution in [0.25, 0.3) is 0 Å². The summed E-state index contributed by atoms with van der Waals surface area (Å²) in [5.41, 5.74) is 12.3. The van der Waals surface area contributed by atoms with Crippen LogP contribution in [0.3, 0.4) is 0 Å². The average molecular weight is 206 g/mol. The van der Waals surface area contributed by atoms with Gasteiger partial charge in [0.05, 0.1) is 17.4 Å². The predicted octanol–water partition coefficient (Wildman–Crippen LogP) is 0.751. The Morgan fingerprint density at radius 2 is 2.33 bits per heavy atom. The molecule has 0 aromatic carbocycles. The number of aromatic nitrogens is 1. The molecule has 15 heavy (non-hydrogen) atoms. The number of amides is 1. The highest BCUT2D eigenvalue weighted by molar-refractivity contribution is 5.98. The predicted molar refractivity (Wildman–Crippen MR) is 60.5 cm³/mol. The molecule has 0 fully saturated rings. The van der Waals surface area contributed by atoms with E-state index in [-0.39, 0.29) is 5.56 Å². The fourth-order valence-corrected chi connectivity index (χ4v) is 1.04. The van der Waals surface area contributed by atoms with Crippen molar-refractivity contribution in [2.24, 2.45) is 5.73 Å². The van der Waals surface area contributed by atoms with Gasteiger partial charge in [-0.2, -0.15) is 0 Å². The molecule has 0 aliphatic heterocycles. The van der Waals surface area contributed by atoms with Crippen LogP contribution in [0.4, 0.5) is 11.5 Å². The summed E-state index contributed by atoms with van der Waals surface area (Å²) >= 11 is 0. The van der Waals surface area contributed by atoms with Gasteiger partial charge in [-0.1, -0.05) is 12.2 Å². The molecule has 0 radical (unpaired) electrons. The van der Waals surface area contributed by atoms with Crippen molar-refractivity contribution in [3.63, 3.8) is 0 Å². The Morgan fingerprint density at radius 3 is 2.87 bits per heavy atom. The lowest BCUT2D eigenvalue weighted by molar-refractivity contribution is 0.100. The van der Waals surface area contributed by atoms with Crippen molar-refractivity contribution in [3.8, 4) is 0 Å². The number of nitrogens with one attached hydrogen (secondary N) is 1. The number of hydrogen-bond donors (Lipinski definition) is 3. The number of nitrogen functional groups attached to an aromatic ring is 1. The number of carbonyl (C=O) groups excluding carboxylic acids is 1. The molecule has 80 valence electrons. The number of carbonyl (C=O) groups is 1. The molecular formula is C10H14N4O. The van der Waals surface area contributed by atoms with E-state index in [1.165, 1.54) is 12.3 Å². The second-order valence-electron chi connectivity index (χ2n) is 3.34. The Hall–Kier alpha value is -2.04. The van der Waals surface area contributed by atoms with E-state index in [0.717, 1.165) is 5.57 Å². The maximum atomic E-state index is 11.1. The number of primary amides is 1. The van der Waals surface area contributed by atoms with Gasteiger partial charge in [-0.05, 0) is 13.0 Å². The topological polar surface area (TPSA) is 94.0 Å². The second-order valence-corrected chi connectivity index (χ2v) is 3.34. The van der Waals surface area contributed by atoms with Gasteiger partial charge < -0.3 is 16.8 Å². The summed E-state index contributed by atoms with van der Waals surface area (Å²) in [5.74, 6) is -0.126. The van der Waals surface area contributed by atoms with Crippen LogP contribution in [0.15, 0.2) is 24.4 Å². The van der Waals surface area contributed by atoms with Crippen LogP contribution in [-0.2, 0) is 0 Å². The molecule has 1 aromatic rings. The lowest BCUT2D eigenvalue weighted by Gasteiger charge is -2.09. The van der Waals surface area contributed by atoms with Crippen LogP contribution in [0.2, 0.25) is 0 Å². The van der Waals surface area contributed by atoms with Gasteiger partial charge in [-0.3, -0.25) is 4.79 Å². The van der Waals surface area contributed by atoms with Gasteiger partial charge in [0, 0.05) is 6.54 Å². The number of hydrogen-bond acceptors (Lipinski definition) is 4. The van der Waals surface area contributed by atoms with Gasteiger partial charge >= 0.3 is 0 Å². The number of nitrogens with two attached hydrogens (primary N) is 2. The van der Waals surface area contributed by atoms with Crippen molar-refractivity contribution >= 4 is 17.4 Å². The Bertz CT molecular complexity index is 400. The van der Waals surface area contributed by atoms with Crippen LogP contribution >= 0.6 is 0 Å². The van der Waals surface area contributed by atoms with E-state index in [9.17, 15) is 4.79 Å². The minimum Gasteiger partial charge on any atom is -0.397 e.